The van der Waals surface area contributed by atoms with E-state index >= 15 is 0 Å². The van der Waals surface area contributed by atoms with Crippen molar-refractivity contribution in [2.75, 3.05) is 5.73 Å². The number of aryl methyl sites for hydroxylation is 1. The van der Waals surface area contributed by atoms with Gasteiger partial charge < -0.3 is 11.2 Å². The van der Waals surface area contributed by atoms with Crippen LogP contribution in [0.4, 0.5) is 5.69 Å². The Morgan fingerprint density at radius 3 is 2.52 bits per heavy atom. The summed E-state index contributed by atoms with van der Waals surface area (Å²) in [5.41, 5.74) is 14.1. The molecule has 0 saturated heterocycles. The second kappa shape index (κ2) is 6.99. The summed E-state index contributed by atoms with van der Waals surface area (Å²) in [5, 5.41) is 0.945. The molecule has 21 heavy (non-hydrogen) atoms. The second-order valence-corrected chi connectivity index (χ2v) is 6.31. The molecule has 7 heteroatoms. The van der Waals surface area contributed by atoms with Crippen molar-refractivity contribution in [2.45, 2.75) is 16.7 Å². The van der Waals surface area contributed by atoms with Crippen molar-refractivity contribution in [3.05, 3.63) is 35.9 Å². The zero-order chi connectivity index (χ0) is 15.6. The molecule has 4 N–H and O–H groups in total. The molecule has 0 aliphatic heterocycles. The van der Waals surface area contributed by atoms with E-state index in [0.717, 1.165) is 21.0 Å². The zero-order valence-electron chi connectivity index (χ0n) is 11.4. The highest BCUT2D eigenvalue weighted by molar-refractivity contribution is 7.83. The number of nitrogens with two attached hydrogens (primary N) is 2. The first-order valence-electron chi connectivity index (χ1n) is 6.07. The quantitative estimate of drug-likeness (QED) is 0.302. The molecule has 0 fully saturated rings. The maximum absolute atomic E-state index is 5.82. The fourth-order valence-electron chi connectivity index (χ4n) is 1.91. The molecule has 3 rings (SSSR count). The van der Waals surface area contributed by atoms with E-state index in [1.807, 2.05) is 27.6 Å². The van der Waals surface area contributed by atoms with Gasteiger partial charge in [-0.05, 0) is 36.8 Å². The Morgan fingerprint density at radius 1 is 1.10 bits per heavy atom. The van der Waals surface area contributed by atoms with Crippen LogP contribution < -0.4 is 11.2 Å². The van der Waals surface area contributed by atoms with E-state index in [4.69, 9.17) is 5.73 Å². The third-order valence-electron chi connectivity index (χ3n) is 2.96. The van der Waals surface area contributed by atoms with Gasteiger partial charge in [-0.15, -0.1) is 36.6 Å². The molecule has 0 spiro atoms. The number of rotatable bonds is 1. The summed E-state index contributed by atoms with van der Waals surface area (Å²) in [6.07, 6.45) is 0. The van der Waals surface area contributed by atoms with Gasteiger partial charge in [0.15, 0.2) is 0 Å². The van der Waals surface area contributed by atoms with Crippen LogP contribution in [0.2, 0.25) is 0 Å². The SMILES string of the molecule is Cc1ccc2nc(-c3ccc(N)c(S)c3S)sc2c1.NP. The van der Waals surface area contributed by atoms with Gasteiger partial charge >= 0.3 is 0 Å². The molecule has 0 aliphatic rings. The summed E-state index contributed by atoms with van der Waals surface area (Å²) in [6, 6.07) is 10.0. The molecule has 3 aromatic rings. The molecule has 0 amide bonds. The van der Waals surface area contributed by atoms with E-state index < -0.39 is 0 Å². The van der Waals surface area contributed by atoms with Crippen molar-refractivity contribution >= 4 is 61.9 Å². The molecule has 0 bridgehead atoms. The minimum atomic E-state index is 0.633. The van der Waals surface area contributed by atoms with Crippen LogP contribution in [0.25, 0.3) is 20.8 Å². The van der Waals surface area contributed by atoms with Crippen molar-refractivity contribution in [3.63, 3.8) is 0 Å². The molecule has 2 aromatic carbocycles. The first kappa shape index (κ1) is 16.6. The average molecular weight is 353 g/mol. The van der Waals surface area contributed by atoms with Crippen LogP contribution in [0, 0.1) is 6.92 Å². The van der Waals surface area contributed by atoms with Gasteiger partial charge in [0.2, 0.25) is 0 Å². The highest BCUT2D eigenvalue weighted by atomic mass is 32.1. The number of nitrogens with zero attached hydrogens (tertiary/aromatic N) is 1. The van der Waals surface area contributed by atoms with E-state index in [1.165, 1.54) is 10.3 Å². The molecule has 110 valence electrons. The van der Waals surface area contributed by atoms with E-state index in [1.54, 1.807) is 11.3 Å². The van der Waals surface area contributed by atoms with Crippen molar-refractivity contribution in [3.8, 4) is 10.6 Å². The predicted molar refractivity (Wildman–Crippen MR) is 103 cm³/mol. The number of hydrogen-bond donors (Lipinski definition) is 4. The average Bonchev–Trinajstić information content (AvgIpc) is 2.89. The smallest absolute Gasteiger partial charge is 0.125 e. The third kappa shape index (κ3) is 3.35. The van der Waals surface area contributed by atoms with Crippen molar-refractivity contribution < 1.29 is 0 Å². The number of hydrogen-bond acceptors (Lipinski definition) is 6. The zero-order valence-corrected chi connectivity index (χ0v) is 15.1. The fraction of sp³-hybridized carbons (Fsp3) is 0.0714. The van der Waals surface area contributed by atoms with Crippen LogP contribution in [0.3, 0.4) is 0 Å². The van der Waals surface area contributed by atoms with Gasteiger partial charge in [-0.1, -0.05) is 15.5 Å². The number of thiol groups is 2. The Bertz CT molecular complexity index is 786. The first-order chi connectivity index (χ1) is 10.1. The number of fused-ring (bicyclic) bond motifs is 1. The Kier molecular flexibility index (Phi) is 5.52. The second-order valence-electron chi connectivity index (χ2n) is 4.39. The van der Waals surface area contributed by atoms with Crippen LogP contribution >= 0.6 is 46.0 Å². The van der Waals surface area contributed by atoms with Crippen LogP contribution in [0.15, 0.2) is 40.1 Å². The maximum atomic E-state index is 5.82. The number of nitrogen functional groups attached to an aromatic ring is 1. The summed E-state index contributed by atoms with van der Waals surface area (Å²) >= 11 is 10.5. The largest absolute Gasteiger partial charge is 0.398 e. The summed E-state index contributed by atoms with van der Waals surface area (Å²) in [7, 11) is 1.92. The lowest BCUT2D eigenvalue weighted by atomic mass is 10.2. The van der Waals surface area contributed by atoms with Gasteiger partial charge in [0.1, 0.15) is 5.01 Å². The van der Waals surface area contributed by atoms with Gasteiger partial charge in [0.05, 0.1) is 10.2 Å². The Hall–Kier alpha value is -0.780. The van der Waals surface area contributed by atoms with Crippen LogP contribution in [-0.4, -0.2) is 4.98 Å². The molecular weight excluding hydrogens is 337 g/mol. The molecule has 0 aliphatic carbocycles. The van der Waals surface area contributed by atoms with Crippen molar-refractivity contribution in [2.24, 2.45) is 5.50 Å². The standard InChI is InChI=1S/C14H12N2S3.H4NP/c1-7-2-5-10-11(6-7)19-14(16-10)8-3-4-9(15)13(18)12(8)17;1-2/h2-6,17-18H,15H2,1H3;1-2H2. The maximum Gasteiger partial charge on any atom is 0.125 e. The number of aromatic nitrogens is 1. The molecular formula is C14H16N3PS3. The normalized spacial score (nSPS) is 10.3. The minimum absolute atomic E-state index is 0.633. The molecule has 1 unspecified atom stereocenters. The van der Waals surface area contributed by atoms with E-state index in [9.17, 15) is 0 Å². The van der Waals surface area contributed by atoms with E-state index in [-0.39, 0.29) is 0 Å². The molecule has 1 atom stereocenters. The summed E-state index contributed by atoms with van der Waals surface area (Å²) in [6.45, 7) is 2.08. The van der Waals surface area contributed by atoms with Gasteiger partial charge in [0, 0.05) is 21.0 Å². The van der Waals surface area contributed by atoms with Crippen molar-refractivity contribution in [1.82, 2.24) is 4.98 Å². The monoisotopic (exact) mass is 353 g/mol. The van der Waals surface area contributed by atoms with Crippen LogP contribution in [-0.2, 0) is 0 Å². The molecule has 1 aromatic heterocycles. The topological polar surface area (TPSA) is 64.9 Å². The first-order valence-corrected chi connectivity index (χ1v) is 8.45. The lowest BCUT2D eigenvalue weighted by Crippen LogP contribution is -1.89. The molecule has 3 nitrogen and oxygen atoms in total. The summed E-state index contributed by atoms with van der Waals surface area (Å²) < 4.78 is 1.18. The third-order valence-corrected chi connectivity index (χ3v) is 5.13. The highest BCUT2D eigenvalue weighted by Crippen LogP contribution is 2.38. The number of thiazole rings is 1. The lowest BCUT2D eigenvalue weighted by Gasteiger charge is -2.06. The van der Waals surface area contributed by atoms with E-state index in [2.05, 4.69) is 54.8 Å². The van der Waals surface area contributed by atoms with Crippen molar-refractivity contribution in [1.29, 1.82) is 0 Å². The molecule has 1 heterocycles. The predicted octanol–water partition coefficient (Wildman–Crippen LogP) is 4.17. The number of benzene rings is 2. The van der Waals surface area contributed by atoms with Crippen LogP contribution in [0.5, 0.6) is 0 Å². The van der Waals surface area contributed by atoms with Gasteiger partial charge in [-0.2, -0.15) is 0 Å². The minimum Gasteiger partial charge on any atom is -0.398 e. The lowest BCUT2D eigenvalue weighted by molar-refractivity contribution is 1.27. The van der Waals surface area contributed by atoms with Gasteiger partial charge in [-0.25, -0.2) is 4.98 Å². The molecule has 0 saturated carbocycles. The van der Waals surface area contributed by atoms with Gasteiger partial charge in [0.25, 0.3) is 0 Å². The molecule has 0 radical (unpaired) electrons. The Morgan fingerprint density at radius 2 is 1.81 bits per heavy atom. The highest BCUT2D eigenvalue weighted by Gasteiger charge is 2.12. The number of anilines is 1. The van der Waals surface area contributed by atoms with Gasteiger partial charge in [-0.3, -0.25) is 0 Å². The van der Waals surface area contributed by atoms with Crippen LogP contribution in [0.1, 0.15) is 5.56 Å². The Balaban J connectivity index is 0.000000774. The van der Waals surface area contributed by atoms with E-state index in [0.29, 0.717) is 10.6 Å². The summed E-state index contributed by atoms with van der Waals surface area (Å²) in [4.78, 5) is 6.13. The summed E-state index contributed by atoms with van der Waals surface area (Å²) in [5.74, 6) is 0. The fourth-order valence-corrected chi connectivity index (χ4v) is 3.59. The Labute approximate surface area is 141 Å².